The number of aromatic nitrogens is 1. The maximum absolute atomic E-state index is 12.4. The van der Waals surface area contributed by atoms with Crippen LogP contribution in [0.5, 0.6) is 0 Å². The van der Waals surface area contributed by atoms with E-state index in [0.717, 1.165) is 23.9 Å². The smallest absolute Gasteiger partial charge is 0.272 e. The van der Waals surface area contributed by atoms with Crippen LogP contribution in [0.4, 0.5) is 5.69 Å². The van der Waals surface area contributed by atoms with Gasteiger partial charge in [-0.3, -0.25) is 4.79 Å². The fourth-order valence-electron chi connectivity index (χ4n) is 3.24. The third-order valence-electron chi connectivity index (χ3n) is 4.30. The summed E-state index contributed by atoms with van der Waals surface area (Å²) >= 11 is 0. The Kier molecular flexibility index (Phi) is 2.61. The molecule has 1 aliphatic carbocycles. The Bertz CT molecular complexity index is 851. The summed E-state index contributed by atoms with van der Waals surface area (Å²) in [6.45, 7) is 0. The summed E-state index contributed by atoms with van der Waals surface area (Å²) < 4.78 is 1.83. The summed E-state index contributed by atoms with van der Waals surface area (Å²) in [7, 11) is 1.88. The predicted molar refractivity (Wildman–Crippen MR) is 84.7 cm³/mol. The van der Waals surface area contributed by atoms with E-state index < -0.39 is 0 Å². The molecule has 0 bridgehead atoms. The van der Waals surface area contributed by atoms with Gasteiger partial charge in [0.2, 0.25) is 0 Å². The van der Waals surface area contributed by atoms with Gasteiger partial charge >= 0.3 is 0 Å². The van der Waals surface area contributed by atoms with Crippen molar-refractivity contribution in [3.63, 3.8) is 0 Å². The van der Waals surface area contributed by atoms with E-state index in [4.69, 9.17) is 0 Å². The van der Waals surface area contributed by atoms with Gasteiger partial charge < -0.3 is 9.88 Å². The summed E-state index contributed by atoms with van der Waals surface area (Å²) in [5, 5.41) is 5.52. The van der Waals surface area contributed by atoms with Gasteiger partial charge in [-0.2, -0.15) is 0 Å². The Balaban J connectivity index is 1.79. The van der Waals surface area contributed by atoms with Crippen molar-refractivity contribution in [2.45, 2.75) is 12.8 Å². The maximum Gasteiger partial charge on any atom is 0.272 e. The van der Waals surface area contributed by atoms with Crippen LogP contribution < -0.4 is 5.32 Å². The predicted octanol–water partition coefficient (Wildman–Crippen LogP) is 3.53. The standard InChI is InChI=1S/C18H16N2O/c1-20-11-3-6-16(20)18(21)19-15-10-9-13-8-7-12-4-2-5-14(15)17(12)13/h2-6,9-11H,7-8H2,1H3,(H,19,21). The molecule has 3 heteroatoms. The van der Waals surface area contributed by atoms with E-state index in [1.165, 1.54) is 16.5 Å². The minimum absolute atomic E-state index is 0.0683. The summed E-state index contributed by atoms with van der Waals surface area (Å²) in [5.41, 5.74) is 4.33. The van der Waals surface area contributed by atoms with Crippen molar-refractivity contribution in [3.8, 4) is 0 Å². The lowest BCUT2D eigenvalue weighted by atomic mass is 10.0. The molecule has 4 rings (SSSR count). The normalized spacial score (nSPS) is 12.8. The molecule has 0 saturated carbocycles. The summed E-state index contributed by atoms with van der Waals surface area (Å²) in [5.74, 6) is -0.0683. The van der Waals surface area contributed by atoms with Gasteiger partial charge in [0.1, 0.15) is 5.69 Å². The molecule has 1 aromatic heterocycles. The highest BCUT2D eigenvalue weighted by molar-refractivity contribution is 6.09. The molecule has 0 fully saturated rings. The molecule has 0 unspecified atom stereocenters. The number of hydrogen-bond acceptors (Lipinski definition) is 1. The quantitative estimate of drug-likeness (QED) is 0.763. The first-order valence-corrected chi connectivity index (χ1v) is 7.20. The van der Waals surface area contributed by atoms with Gasteiger partial charge in [0.25, 0.3) is 5.91 Å². The molecule has 1 N–H and O–H groups in total. The number of benzene rings is 2. The maximum atomic E-state index is 12.4. The minimum Gasteiger partial charge on any atom is -0.347 e. The topological polar surface area (TPSA) is 34.0 Å². The van der Waals surface area contributed by atoms with E-state index in [1.54, 1.807) is 0 Å². The number of carbonyl (C=O) groups is 1. The summed E-state index contributed by atoms with van der Waals surface area (Å²) in [6.07, 6.45) is 4.08. The van der Waals surface area contributed by atoms with Crippen LogP contribution in [0.25, 0.3) is 10.8 Å². The number of nitrogens with zero attached hydrogens (tertiary/aromatic N) is 1. The highest BCUT2D eigenvalue weighted by Gasteiger charge is 2.17. The Morgan fingerprint density at radius 3 is 2.62 bits per heavy atom. The van der Waals surface area contributed by atoms with Crippen molar-refractivity contribution >= 4 is 22.4 Å². The first-order valence-electron chi connectivity index (χ1n) is 7.20. The highest BCUT2D eigenvalue weighted by atomic mass is 16.1. The zero-order chi connectivity index (χ0) is 14.4. The van der Waals surface area contributed by atoms with E-state index in [1.807, 2.05) is 36.0 Å². The third kappa shape index (κ3) is 1.85. The van der Waals surface area contributed by atoms with Crippen LogP contribution in [-0.4, -0.2) is 10.5 Å². The molecule has 104 valence electrons. The van der Waals surface area contributed by atoms with Crippen LogP contribution in [0.15, 0.2) is 48.7 Å². The van der Waals surface area contributed by atoms with Gasteiger partial charge in [0, 0.05) is 24.3 Å². The Morgan fingerprint density at radius 2 is 1.86 bits per heavy atom. The number of hydrogen-bond donors (Lipinski definition) is 1. The first-order chi connectivity index (χ1) is 10.2. The molecule has 0 aliphatic heterocycles. The van der Waals surface area contributed by atoms with E-state index in [-0.39, 0.29) is 5.91 Å². The first kappa shape index (κ1) is 12.2. The number of aryl methyl sites for hydroxylation is 3. The van der Waals surface area contributed by atoms with Gasteiger partial charge in [-0.05, 0) is 47.6 Å². The molecule has 3 nitrogen and oxygen atoms in total. The molecular weight excluding hydrogens is 260 g/mol. The fourth-order valence-corrected chi connectivity index (χ4v) is 3.24. The van der Waals surface area contributed by atoms with Gasteiger partial charge in [-0.1, -0.05) is 24.3 Å². The average molecular weight is 276 g/mol. The van der Waals surface area contributed by atoms with Crippen molar-refractivity contribution in [1.82, 2.24) is 4.57 Å². The number of nitrogens with one attached hydrogen (secondary N) is 1. The average Bonchev–Trinajstić information content (AvgIpc) is 3.09. The van der Waals surface area contributed by atoms with Crippen molar-refractivity contribution in [1.29, 1.82) is 0 Å². The van der Waals surface area contributed by atoms with Crippen molar-refractivity contribution in [3.05, 3.63) is 65.5 Å². The van der Waals surface area contributed by atoms with Crippen LogP contribution in [0.1, 0.15) is 21.6 Å². The highest BCUT2D eigenvalue weighted by Crippen LogP contribution is 2.35. The number of rotatable bonds is 2. The zero-order valence-corrected chi connectivity index (χ0v) is 11.9. The summed E-state index contributed by atoms with van der Waals surface area (Å²) in [6, 6.07) is 14.2. The van der Waals surface area contributed by atoms with Gasteiger partial charge in [0.15, 0.2) is 0 Å². The molecule has 3 aromatic rings. The zero-order valence-electron chi connectivity index (χ0n) is 11.9. The molecule has 0 atom stereocenters. The molecule has 2 aromatic carbocycles. The monoisotopic (exact) mass is 276 g/mol. The van der Waals surface area contributed by atoms with Crippen LogP contribution in [0, 0.1) is 0 Å². The third-order valence-corrected chi connectivity index (χ3v) is 4.30. The lowest BCUT2D eigenvalue weighted by Crippen LogP contribution is -2.15. The van der Waals surface area contributed by atoms with Crippen molar-refractivity contribution in [2.24, 2.45) is 7.05 Å². The molecular formula is C18H16N2O. The Hall–Kier alpha value is -2.55. The van der Waals surface area contributed by atoms with Gasteiger partial charge in [0.05, 0.1) is 0 Å². The van der Waals surface area contributed by atoms with Crippen LogP contribution in [-0.2, 0) is 19.9 Å². The van der Waals surface area contributed by atoms with E-state index >= 15 is 0 Å². The van der Waals surface area contributed by atoms with Gasteiger partial charge in [-0.15, -0.1) is 0 Å². The molecule has 0 spiro atoms. The fraction of sp³-hybridized carbons (Fsp3) is 0.167. The molecule has 21 heavy (non-hydrogen) atoms. The lowest BCUT2D eigenvalue weighted by molar-refractivity contribution is 0.101. The van der Waals surface area contributed by atoms with Crippen molar-refractivity contribution in [2.75, 3.05) is 5.32 Å². The molecule has 0 saturated heterocycles. The van der Waals surface area contributed by atoms with Crippen LogP contribution in [0.3, 0.4) is 0 Å². The SMILES string of the molecule is Cn1cccc1C(=O)Nc1ccc2c3c(cccc13)CC2. The van der Waals surface area contributed by atoms with E-state index in [0.29, 0.717) is 5.69 Å². The molecule has 0 radical (unpaired) electrons. The Morgan fingerprint density at radius 1 is 1.05 bits per heavy atom. The second-order valence-corrected chi connectivity index (χ2v) is 5.57. The van der Waals surface area contributed by atoms with E-state index in [9.17, 15) is 4.79 Å². The molecule has 1 heterocycles. The minimum atomic E-state index is -0.0683. The second-order valence-electron chi connectivity index (χ2n) is 5.57. The molecule has 1 amide bonds. The lowest BCUT2D eigenvalue weighted by Gasteiger charge is -2.11. The molecule has 1 aliphatic rings. The van der Waals surface area contributed by atoms with Gasteiger partial charge in [-0.25, -0.2) is 0 Å². The number of carbonyl (C=O) groups excluding carboxylic acids is 1. The van der Waals surface area contributed by atoms with E-state index in [2.05, 4.69) is 29.6 Å². The van der Waals surface area contributed by atoms with Crippen LogP contribution >= 0.6 is 0 Å². The number of anilines is 1. The largest absolute Gasteiger partial charge is 0.347 e. The second kappa shape index (κ2) is 4.48. The number of amides is 1. The van der Waals surface area contributed by atoms with Crippen molar-refractivity contribution < 1.29 is 4.79 Å². The summed E-state index contributed by atoms with van der Waals surface area (Å²) in [4.78, 5) is 12.4. The van der Waals surface area contributed by atoms with Crippen LogP contribution in [0.2, 0.25) is 0 Å². The Labute approximate surface area is 123 Å².